The zero-order valence-electron chi connectivity index (χ0n) is 13.7. The minimum Gasteiger partial charge on any atom is -0.462 e. The van der Waals surface area contributed by atoms with E-state index in [0.29, 0.717) is 12.2 Å². The van der Waals surface area contributed by atoms with Crippen LogP contribution in [0.3, 0.4) is 0 Å². The van der Waals surface area contributed by atoms with Crippen LogP contribution < -0.4 is 0 Å². The Bertz CT molecular complexity index is 700. The van der Waals surface area contributed by atoms with Gasteiger partial charge in [0.05, 0.1) is 12.2 Å². The first-order valence-electron chi connectivity index (χ1n) is 8.06. The summed E-state index contributed by atoms with van der Waals surface area (Å²) in [6.07, 6.45) is 7.46. The molecule has 0 aliphatic rings. The lowest BCUT2D eigenvalue weighted by molar-refractivity contribution is -0.138. The number of benzene rings is 2. The second-order valence-corrected chi connectivity index (χ2v) is 6.30. The van der Waals surface area contributed by atoms with Crippen LogP contribution in [-0.2, 0) is 9.53 Å². The number of hydrogen-bond donors (Lipinski definition) is 0. The van der Waals surface area contributed by atoms with E-state index in [0.717, 1.165) is 28.4 Å². The van der Waals surface area contributed by atoms with Crippen molar-refractivity contribution in [2.24, 2.45) is 0 Å². The number of carbonyl (C=O) groups excluding carboxylic acids is 1. The van der Waals surface area contributed by atoms with E-state index < -0.39 is 0 Å². The highest BCUT2D eigenvalue weighted by atomic mass is 79.9. The lowest BCUT2D eigenvalue weighted by Gasteiger charge is -2.05. The summed E-state index contributed by atoms with van der Waals surface area (Å²) >= 11 is 3.42. The van der Waals surface area contributed by atoms with Gasteiger partial charge in [-0.2, -0.15) is 0 Å². The Morgan fingerprint density at radius 1 is 1.04 bits per heavy atom. The number of ether oxygens (including phenoxy) is 1. The molecule has 0 atom stereocenters. The normalized spacial score (nSPS) is 11.7. The van der Waals surface area contributed by atoms with Gasteiger partial charge < -0.3 is 4.74 Å². The first-order chi connectivity index (χ1) is 11.7. The molecule has 24 heavy (non-hydrogen) atoms. The highest BCUT2D eigenvalue weighted by Gasteiger charge is 2.08. The average Bonchev–Trinajstić information content (AvgIpc) is 2.61. The van der Waals surface area contributed by atoms with Gasteiger partial charge in [0.15, 0.2) is 0 Å². The van der Waals surface area contributed by atoms with Crippen molar-refractivity contribution in [3.8, 4) is 0 Å². The van der Waals surface area contributed by atoms with Gasteiger partial charge >= 0.3 is 5.97 Å². The number of halogens is 1. The summed E-state index contributed by atoms with van der Waals surface area (Å²) in [4.78, 5) is 12.3. The minimum absolute atomic E-state index is 0.291. The zero-order chi connectivity index (χ0) is 17.2. The topological polar surface area (TPSA) is 26.3 Å². The molecule has 0 saturated carbocycles. The Balaban J connectivity index is 2.20. The third kappa shape index (κ3) is 6.17. The van der Waals surface area contributed by atoms with Crippen molar-refractivity contribution in [2.45, 2.75) is 19.8 Å². The zero-order valence-corrected chi connectivity index (χ0v) is 15.3. The number of carbonyl (C=O) groups is 1. The maximum atomic E-state index is 12.3. The maximum Gasteiger partial charge on any atom is 0.338 e. The van der Waals surface area contributed by atoms with Crippen molar-refractivity contribution < 1.29 is 9.53 Å². The van der Waals surface area contributed by atoms with Crippen molar-refractivity contribution in [1.82, 2.24) is 0 Å². The van der Waals surface area contributed by atoms with E-state index in [1.165, 1.54) is 0 Å². The third-order valence-corrected chi connectivity index (χ3v) is 3.94. The van der Waals surface area contributed by atoms with Crippen LogP contribution in [0, 0.1) is 0 Å². The number of unbranched alkanes of at least 4 members (excludes halogenated alkanes) is 1. The molecule has 0 aliphatic heterocycles. The summed E-state index contributed by atoms with van der Waals surface area (Å²) in [6.45, 7) is 2.52. The molecular formula is C21H21BrO2. The van der Waals surface area contributed by atoms with Gasteiger partial charge in [-0.3, -0.25) is 0 Å². The van der Waals surface area contributed by atoms with Gasteiger partial charge in [-0.05, 0) is 41.8 Å². The Hall–Kier alpha value is -2.13. The van der Waals surface area contributed by atoms with E-state index in [1.807, 2.05) is 72.8 Å². The van der Waals surface area contributed by atoms with E-state index >= 15 is 0 Å². The smallest absolute Gasteiger partial charge is 0.338 e. The summed E-state index contributed by atoms with van der Waals surface area (Å²) < 4.78 is 6.38. The van der Waals surface area contributed by atoms with Crippen LogP contribution in [0.5, 0.6) is 0 Å². The van der Waals surface area contributed by atoms with Crippen LogP contribution in [0.2, 0.25) is 0 Å². The predicted molar refractivity (Wildman–Crippen MR) is 103 cm³/mol. The van der Waals surface area contributed by atoms with Gasteiger partial charge in [0.25, 0.3) is 0 Å². The van der Waals surface area contributed by atoms with Crippen molar-refractivity contribution in [2.75, 3.05) is 6.61 Å². The van der Waals surface area contributed by atoms with E-state index in [2.05, 4.69) is 22.9 Å². The van der Waals surface area contributed by atoms with E-state index in [9.17, 15) is 4.79 Å². The molecule has 0 spiro atoms. The fraction of sp³-hybridized carbons (Fsp3) is 0.190. The Kier molecular flexibility index (Phi) is 7.50. The average molecular weight is 385 g/mol. The van der Waals surface area contributed by atoms with Crippen LogP contribution >= 0.6 is 15.9 Å². The summed E-state index contributed by atoms with van der Waals surface area (Å²) in [6, 6.07) is 17.7. The molecule has 124 valence electrons. The first kappa shape index (κ1) is 18.2. The van der Waals surface area contributed by atoms with Crippen LogP contribution in [0.25, 0.3) is 12.2 Å². The van der Waals surface area contributed by atoms with E-state index in [1.54, 1.807) is 0 Å². The molecule has 0 radical (unpaired) electrons. The van der Waals surface area contributed by atoms with E-state index in [4.69, 9.17) is 4.74 Å². The Morgan fingerprint density at radius 3 is 2.42 bits per heavy atom. The van der Waals surface area contributed by atoms with Gasteiger partial charge in [0.1, 0.15) is 0 Å². The van der Waals surface area contributed by atoms with Gasteiger partial charge in [-0.25, -0.2) is 4.79 Å². The van der Waals surface area contributed by atoms with Crippen LogP contribution in [-0.4, -0.2) is 12.6 Å². The molecular weight excluding hydrogens is 364 g/mol. The highest BCUT2D eigenvalue weighted by Crippen LogP contribution is 2.15. The monoisotopic (exact) mass is 384 g/mol. The summed E-state index contributed by atoms with van der Waals surface area (Å²) in [7, 11) is 0. The first-order valence-corrected chi connectivity index (χ1v) is 8.86. The summed E-state index contributed by atoms with van der Waals surface area (Å²) in [5, 5.41) is 0. The second kappa shape index (κ2) is 9.89. The lowest BCUT2D eigenvalue weighted by atomic mass is 10.1. The molecule has 0 saturated heterocycles. The Labute approximate surface area is 152 Å². The number of esters is 1. The molecule has 2 aromatic carbocycles. The number of rotatable bonds is 7. The molecule has 2 nitrogen and oxygen atoms in total. The second-order valence-electron chi connectivity index (χ2n) is 5.38. The Morgan fingerprint density at radius 2 is 1.75 bits per heavy atom. The van der Waals surface area contributed by atoms with Crippen molar-refractivity contribution in [3.63, 3.8) is 0 Å². The van der Waals surface area contributed by atoms with Crippen molar-refractivity contribution >= 4 is 34.1 Å². The standard InChI is InChI=1S/C21H21BrO2/c1-2-3-15-24-21(23)19(16-18-7-5-4-6-8-18)12-9-17-10-13-20(22)14-11-17/h4-14,16H,2-3,15H2,1H3/b12-9+,19-16+. The lowest BCUT2D eigenvalue weighted by Crippen LogP contribution is -2.07. The van der Waals surface area contributed by atoms with Gasteiger partial charge in [0.2, 0.25) is 0 Å². The molecule has 0 aliphatic carbocycles. The predicted octanol–water partition coefficient (Wildman–Crippen LogP) is 5.89. The molecule has 2 rings (SSSR count). The molecule has 0 bridgehead atoms. The molecule has 0 unspecified atom stereocenters. The van der Waals surface area contributed by atoms with E-state index in [-0.39, 0.29) is 5.97 Å². The molecule has 0 aromatic heterocycles. The van der Waals surface area contributed by atoms with Gasteiger partial charge in [0, 0.05) is 4.47 Å². The van der Waals surface area contributed by atoms with Crippen LogP contribution in [0.1, 0.15) is 30.9 Å². The summed E-state index contributed by atoms with van der Waals surface area (Å²) in [5.41, 5.74) is 2.54. The van der Waals surface area contributed by atoms with Crippen LogP contribution in [0.15, 0.2) is 70.7 Å². The molecule has 0 N–H and O–H groups in total. The van der Waals surface area contributed by atoms with Gasteiger partial charge in [-0.15, -0.1) is 0 Å². The fourth-order valence-corrected chi connectivity index (χ4v) is 2.32. The molecule has 2 aromatic rings. The minimum atomic E-state index is -0.291. The summed E-state index contributed by atoms with van der Waals surface area (Å²) in [5.74, 6) is -0.291. The highest BCUT2D eigenvalue weighted by molar-refractivity contribution is 9.10. The molecule has 0 fully saturated rings. The SMILES string of the molecule is CCCCOC(=O)C(/C=C/c1ccc(Br)cc1)=C/c1ccccc1. The molecule has 0 heterocycles. The van der Waals surface area contributed by atoms with Crippen molar-refractivity contribution in [1.29, 1.82) is 0 Å². The van der Waals surface area contributed by atoms with Crippen molar-refractivity contribution in [3.05, 3.63) is 81.8 Å². The van der Waals surface area contributed by atoms with Crippen LogP contribution in [0.4, 0.5) is 0 Å². The fourth-order valence-electron chi connectivity index (χ4n) is 2.06. The molecule has 3 heteroatoms. The maximum absolute atomic E-state index is 12.3. The largest absolute Gasteiger partial charge is 0.462 e. The molecule has 0 amide bonds. The quantitative estimate of drug-likeness (QED) is 0.257. The third-order valence-electron chi connectivity index (χ3n) is 3.41. The van der Waals surface area contributed by atoms with Gasteiger partial charge in [-0.1, -0.05) is 77.8 Å². The number of hydrogen-bond acceptors (Lipinski definition) is 2.